The highest BCUT2D eigenvalue weighted by Gasteiger charge is 2.40. The summed E-state index contributed by atoms with van der Waals surface area (Å²) in [6, 6.07) is 12.3. The van der Waals surface area contributed by atoms with Crippen molar-refractivity contribution in [3.05, 3.63) is 88.1 Å². The van der Waals surface area contributed by atoms with Gasteiger partial charge in [0.05, 0.1) is 19.3 Å². The van der Waals surface area contributed by atoms with Crippen molar-refractivity contribution in [1.82, 2.24) is 14.3 Å². The van der Waals surface area contributed by atoms with Crippen molar-refractivity contribution in [2.75, 3.05) is 0 Å². The Labute approximate surface area is 146 Å². The van der Waals surface area contributed by atoms with E-state index in [1.807, 2.05) is 24.3 Å². The van der Waals surface area contributed by atoms with Crippen LogP contribution in [0, 0.1) is 0 Å². The summed E-state index contributed by atoms with van der Waals surface area (Å²) in [5.74, 6) is 0. The van der Waals surface area contributed by atoms with Crippen LogP contribution in [0.3, 0.4) is 0 Å². The summed E-state index contributed by atoms with van der Waals surface area (Å²) in [4.78, 5) is 11.7. The topological polar surface area (TPSA) is 60.0 Å². The van der Waals surface area contributed by atoms with Crippen molar-refractivity contribution >= 4 is 0 Å². The Kier molecular flexibility index (Phi) is 4.94. The Morgan fingerprint density at radius 3 is 2.31 bits per heavy atom. The van der Waals surface area contributed by atoms with E-state index in [2.05, 4.69) is 5.10 Å². The van der Waals surface area contributed by atoms with Crippen LogP contribution in [0.25, 0.3) is 0 Å². The molecule has 0 amide bonds. The third kappa shape index (κ3) is 4.20. The van der Waals surface area contributed by atoms with Gasteiger partial charge in [-0.3, -0.25) is 9.48 Å². The van der Waals surface area contributed by atoms with Gasteiger partial charge in [0, 0.05) is 24.0 Å². The molecule has 3 aromatic rings. The minimum absolute atomic E-state index is 0.0936. The molecular weight excluding hydrogens is 347 g/mol. The number of pyridine rings is 1. The highest BCUT2D eigenvalue weighted by atomic mass is 19.4. The van der Waals surface area contributed by atoms with Gasteiger partial charge < -0.3 is 9.67 Å². The van der Waals surface area contributed by atoms with Gasteiger partial charge in [-0.15, -0.1) is 0 Å². The van der Waals surface area contributed by atoms with Gasteiger partial charge in [-0.1, -0.05) is 30.3 Å². The predicted octanol–water partition coefficient (Wildman–Crippen LogP) is 2.74. The first-order chi connectivity index (χ1) is 12.3. The Balaban J connectivity index is 1.67. The molecule has 0 bridgehead atoms. The molecular formula is C18H16F3N3O2. The van der Waals surface area contributed by atoms with Crippen LogP contribution in [0.5, 0.6) is 0 Å². The van der Waals surface area contributed by atoms with E-state index in [1.54, 1.807) is 22.9 Å². The van der Waals surface area contributed by atoms with Gasteiger partial charge in [-0.25, -0.2) is 0 Å². The maximum Gasteiger partial charge on any atom is 0.418 e. The lowest BCUT2D eigenvalue weighted by Gasteiger charge is -2.12. The van der Waals surface area contributed by atoms with Gasteiger partial charge in [-0.05, 0) is 17.2 Å². The zero-order valence-electron chi connectivity index (χ0n) is 13.6. The van der Waals surface area contributed by atoms with E-state index in [1.165, 1.54) is 16.9 Å². The molecule has 2 aromatic heterocycles. The van der Waals surface area contributed by atoms with Crippen LogP contribution >= 0.6 is 0 Å². The number of rotatable bonds is 5. The number of hydrogen-bond acceptors (Lipinski definition) is 3. The normalized spacial score (nSPS) is 12.9. The molecule has 3 rings (SSSR count). The highest BCUT2D eigenvalue weighted by molar-refractivity contribution is 5.23. The van der Waals surface area contributed by atoms with Crippen LogP contribution in [0.15, 0.2) is 65.8 Å². The van der Waals surface area contributed by atoms with Gasteiger partial charge in [0.15, 0.2) is 6.10 Å². The van der Waals surface area contributed by atoms with Gasteiger partial charge in [0.25, 0.3) is 5.56 Å². The fourth-order valence-electron chi connectivity index (χ4n) is 2.52. The second kappa shape index (κ2) is 7.17. The fourth-order valence-corrected chi connectivity index (χ4v) is 2.52. The average Bonchev–Trinajstić information content (AvgIpc) is 3.05. The molecule has 0 aliphatic rings. The van der Waals surface area contributed by atoms with Crippen LogP contribution in [0.1, 0.15) is 22.8 Å². The Bertz CT molecular complexity index is 930. The Morgan fingerprint density at radius 2 is 1.69 bits per heavy atom. The van der Waals surface area contributed by atoms with Crippen LogP contribution in [-0.2, 0) is 13.1 Å². The Hall–Kier alpha value is -2.87. The molecule has 8 heteroatoms. The van der Waals surface area contributed by atoms with E-state index in [0.717, 1.165) is 17.3 Å². The maximum absolute atomic E-state index is 12.5. The van der Waals surface area contributed by atoms with E-state index in [4.69, 9.17) is 0 Å². The molecule has 0 aliphatic carbocycles. The van der Waals surface area contributed by atoms with Crippen molar-refractivity contribution in [2.45, 2.75) is 25.4 Å². The fraction of sp³-hybridized carbons (Fsp3) is 0.222. The monoisotopic (exact) mass is 363 g/mol. The third-order valence-corrected chi connectivity index (χ3v) is 3.90. The molecule has 1 atom stereocenters. The Morgan fingerprint density at radius 1 is 1.04 bits per heavy atom. The number of nitrogens with zero attached hydrogens (tertiary/aromatic N) is 3. The maximum atomic E-state index is 12.5. The summed E-state index contributed by atoms with van der Waals surface area (Å²) >= 11 is 0. The summed E-state index contributed by atoms with van der Waals surface area (Å²) in [5, 5.41) is 13.1. The number of aliphatic hydroxyl groups excluding tert-OH is 1. The molecule has 0 saturated carbocycles. The number of benzene rings is 1. The molecule has 136 valence electrons. The van der Waals surface area contributed by atoms with E-state index < -0.39 is 12.3 Å². The molecule has 0 saturated heterocycles. The standard InChI is InChI=1S/C18H16F3N3O2/c19-18(20,21)17(26)15-9-22-24(12-15)11-14-6-4-13(5-7-14)10-23-8-2-1-3-16(23)25/h1-9,12,17,26H,10-11H2. The van der Waals surface area contributed by atoms with Crippen LogP contribution < -0.4 is 5.56 Å². The van der Waals surface area contributed by atoms with Crippen molar-refractivity contribution < 1.29 is 18.3 Å². The molecule has 1 N–H and O–H groups in total. The number of alkyl halides is 3. The van der Waals surface area contributed by atoms with Crippen molar-refractivity contribution in [1.29, 1.82) is 0 Å². The summed E-state index contributed by atoms with van der Waals surface area (Å²) in [6.07, 6.45) is -3.37. The molecule has 0 fully saturated rings. The van der Waals surface area contributed by atoms with E-state index >= 15 is 0 Å². The van der Waals surface area contributed by atoms with Crippen molar-refractivity contribution in [3.8, 4) is 0 Å². The van der Waals surface area contributed by atoms with Crippen LogP contribution in [0.2, 0.25) is 0 Å². The molecule has 5 nitrogen and oxygen atoms in total. The lowest BCUT2D eigenvalue weighted by atomic mass is 10.1. The van der Waals surface area contributed by atoms with Gasteiger partial charge >= 0.3 is 6.18 Å². The summed E-state index contributed by atoms with van der Waals surface area (Å²) in [5.41, 5.74) is 1.38. The average molecular weight is 363 g/mol. The van der Waals surface area contributed by atoms with Crippen LogP contribution in [0.4, 0.5) is 13.2 Å². The molecule has 0 aliphatic heterocycles. The SMILES string of the molecule is O=c1ccccn1Cc1ccc(Cn2cc(C(O)C(F)(F)F)cn2)cc1. The minimum Gasteiger partial charge on any atom is -0.379 e. The zero-order chi connectivity index (χ0) is 18.7. The third-order valence-electron chi connectivity index (χ3n) is 3.90. The van der Waals surface area contributed by atoms with E-state index in [-0.39, 0.29) is 17.7 Å². The first kappa shape index (κ1) is 17.9. The molecule has 0 spiro atoms. The van der Waals surface area contributed by atoms with Crippen LogP contribution in [-0.4, -0.2) is 25.6 Å². The van der Waals surface area contributed by atoms with Gasteiger partial charge in [-0.2, -0.15) is 18.3 Å². The number of hydrogen-bond donors (Lipinski definition) is 1. The molecule has 1 aromatic carbocycles. The highest BCUT2D eigenvalue weighted by Crippen LogP contribution is 2.32. The second-order valence-electron chi connectivity index (χ2n) is 5.90. The molecule has 26 heavy (non-hydrogen) atoms. The largest absolute Gasteiger partial charge is 0.418 e. The number of aliphatic hydroxyl groups is 1. The molecule has 2 heterocycles. The van der Waals surface area contributed by atoms with Gasteiger partial charge in [0.2, 0.25) is 0 Å². The quantitative estimate of drug-likeness (QED) is 0.758. The minimum atomic E-state index is -4.72. The number of aromatic nitrogens is 3. The summed E-state index contributed by atoms with van der Waals surface area (Å²) in [6.45, 7) is 0.708. The van der Waals surface area contributed by atoms with E-state index in [9.17, 15) is 23.1 Å². The summed E-state index contributed by atoms with van der Waals surface area (Å²) in [7, 11) is 0. The molecule has 0 radical (unpaired) electrons. The van der Waals surface area contributed by atoms with Gasteiger partial charge in [0.1, 0.15) is 0 Å². The molecule has 1 unspecified atom stereocenters. The zero-order valence-corrected chi connectivity index (χ0v) is 13.6. The van der Waals surface area contributed by atoms with Crippen molar-refractivity contribution in [2.24, 2.45) is 0 Å². The van der Waals surface area contributed by atoms with Crippen molar-refractivity contribution in [3.63, 3.8) is 0 Å². The first-order valence-corrected chi connectivity index (χ1v) is 7.83. The van der Waals surface area contributed by atoms with E-state index in [0.29, 0.717) is 6.54 Å². The predicted molar refractivity (Wildman–Crippen MR) is 88.6 cm³/mol. The first-order valence-electron chi connectivity index (χ1n) is 7.83. The summed E-state index contributed by atoms with van der Waals surface area (Å²) < 4.78 is 40.4. The lowest BCUT2D eigenvalue weighted by Crippen LogP contribution is -2.19. The smallest absolute Gasteiger partial charge is 0.379 e. The lowest BCUT2D eigenvalue weighted by molar-refractivity contribution is -0.206. The second-order valence-corrected chi connectivity index (χ2v) is 5.90. The number of halogens is 3.